The van der Waals surface area contributed by atoms with Crippen molar-refractivity contribution < 1.29 is 27.1 Å². The molecule has 5 nitrogen and oxygen atoms in total. The first-order chi connectivity index (χ1) is 15.7. The highest BCUT2D eigenvalue weighted by molar-refractivity contribution is 6.30. The summed E-state index contributed by atoms with van der Waals surface area (Å²) in [7, 11) is 0. The Hall–Kier alpha value is -2.91. The number of amidine groups is 1. The van der Waals surface area contributed by atoms with E-state index in [1.54, 1.807) is 0 Å². The van der Waals surface area contributed by atoms with Gasteiger partial charge in [-0.25, -0.2) is 9.38 Å². The Morgan fingerprint density at radius 2 is 1.94 bits per heavy atom. The van der Waals surface area contributed by atoms with E-state index in [9.17, 15) is 22.4 Å². The smallest absolute Gasteiger partial charge is 0.381 e. The minimum atomic E-state index is -4.45. The summed E-state index contributed by atoms with van der Waals surface area (Å²) in [5.74, 6) is -0.429. The second-order valence-corrected chi connectivity index (χ2v) is 8.25. The van der Waals surface area contributed by atoms with Crippen LogP contribution < -0.4 is 5.32 Å². The summed E-state index contributed by atoms with van der Waals surface area (Å²) in [5.41, 5.74) is -0.687. The number of aromatic amines is 1. The number of amides is 1. The van der Waals surface area contributed by atoms with Crippen molar-refractivity contribution in [2.24, 2.45) is 10.9 Å². The number of rotatable bonds is 4. The number of hydrogen-bond acceptors (Lipinski definition) is 3. The lowest BCUT2D eigenvalue weighted by Crippen LogP contribution is -2.33. The molecule has 1 aliphatic heterocycles. The Morgan fingerprint density at radius 1 is 1.18 bits per heavy atom. The van der Waals surface area contributed by atoms with E-state index < -0.39 is 23.5 Å². The maximum absolute atomic E-state index is 13.8. The van der Waals surface area contributed by atoms with Crippen molar-refractivity contribution >= 4 is 39.9 Å². The van der Waals surface area contributed by atoms with E-state index in [0.717, 1.165) is 31.0 Å². The zero-order chi connectivity index (χ0) is 23.6. The Morgan fingerprint density at radius 3 is 2.64 bits per heavy atom. The number of alkyl halides is 3. The summed E-state index contributed by atoms with van der Waals surface area (Å²) in [6, 6.07) is 7.09. The fraction of sp³-hybridized carbons (Fsp3) is 0.304. The summed E-state index contributed by atoms with van der Waals surface area (Å²) >= 11 is 5.69. The predicted molar refractivity (Wildman–Crippen MR) is 117 cm³/mol. The largest absolute Gasteiger partial charge is 0.416 e. The van der Waals surface area contributed by atoms with Crippen LogP contribution in [0.1, 0.15) is 35.2 Å². The summed E-state index contributed by atoms with van der Waals surface area (Å²) in [6.45, 7) is 1.19. The lowest BCUT2D eigenvalue weighted by molar-refractivity contribution is -0.137. The molecule has 0 atom stereocenters. The molecule has 0 aliphatic carbocycles. The monoisotopic (exact) mass is 481 g/mol. The molecule has 0 bridgehead atoms. The van der Waals surface area contributed by atoms with Crippen LogP contribution in [0, 0.1) is 11.7 Å². The van der Waals surface area contributed by atoms with Crippen molar-refractivity contribution in [3.8, 4) is 0 Å². The first-order valence-electron chi connectivity index (χ1n) is 10.3. The number of ether oxygens (including phenoxy) is 1. The molecule has 2 aromatic carbocycles. The number of benzene rings is 2. The van der Waals surface area contributed by atoms with Crippen molar-refractivity contribution in [2.45, 2.75) is 25.4 Å². The van der Waals surface area contributed by atoms with Gasteiger partial charge in [-0.15, -0.1) is 0 Å². The molecule has 3 aromatic rings. The van der Waals surface area contributed by atoms with Crippen LogP contribution in [0.3, 0.4) is 0 Å². The summed E-state index contributed by atoms with van der Waals surface area (Å²) in [4.78, 5) is 20.2. The van der Waals surface area contributed by atoms with Crippen LogP contribution in [0.25, 0.3) is 10.8 Å². The van der Waals surface area contributed by atoms with Gasteiger partial charge < -0.3 is 15.0 Å². The molecule has 0 unspecified atom stereocenters. The van der Waals surface area contributed by atoms with Crippen molar-refractivity contribution in [2.75, 3.05) is 13.2 Å². The summed E-state index contributed by atoms with van der Waals surface area (Å²) in [5, 5.41) is 3.46. The van der Waals surface area contributed by atoms with E-state index >= 15 is 0 Å². The molecule has 174 valence electrons. The van der Waals surface area contributed by atoms with Gasteiger partial charge in [0.2, 0.25) is 0 Å². The van der Waals surface area contributed by atoms with Gasteiger partial charge in [0.1, 0.15) is 17.5 Å². The van der Waals surface area contributed by atoms with Gasteiger partial charge in [-0.1, -0.05) is 11.6 Å². The maximum atomic E-state index is 13.8. The zero-order valence-electron chi connectivity index (χ0n) is 17.3. The van der Waals surface area contributed by atoms with Crippen LogP contribution >= 0.6 is 11.6 Å². The minimum Gasteiger partial charge on any atom is -0.381 e. The van der Waals surface area contributed by atoms with E-state index in [1.165, 1.54) is 24.4 Å². The van der Waals surface area contributed by atoms with Crippen LogP contribution in [0.15, 0.2) is 47.6 Å². The summed E-state index contributed by atoms with van der Waals surface area (Å²) < 4.78 is 58.2. The molecule has 2 N–H and O–H groups in total. The van der Waals surface area contributed by atoms with Crippen molar-refractivity contribution in [3.05, 3.63) is 64.6 Å². The number of halogens is 5. The molecule has 10 heteroatoms. The van der Waals surface area contributed by atoms with Gasteiger partial charge in [0.15, 0.2) is 0 Å². The third-order valence-corrected chi connectivity index (χ3v) is 5.81. The van der Waals surface area contributed by atoms with E-state index in [-0.39, 0.29) is 16.5 Å². The van der Waals surface area contributed by atoms with E-state index in [0.29, 0.717) is 42.1 Å². The van der Waals surface area contributed by atoms with E-state index in [4.69, 9.17) is 16.3 Å². The third-order valence-electron chi connectivity index (χ3n) is 5.51. The van der Waals surface area contributed by atoms with Crippen LogP contribution in [0.5, 0.6) is 0 Å². The molecule has 33 heavy (non-hydrogen) atoms. The van der Waals surface area contributed by atoms with Gasteiger partial charge in [0.05, 0.1) is 10.6 Å². The lowest BCUT2D eigenvalue weighted by atomic mass is 9.96. The number of H-pyrrole nitrogens is 1. The van der Waals surface area contributed by atoms with Gasteiger partial charge in [0, 0.05) is 42.2 Å². The molecule has 4 rings (SSSR count). The van der Waals surface area contributed by atoms with Gasteiger partial charge in [-0.3, -0.25) is 4.79 Å². The van der Waals surface area contributed by atoms with E-state index in [1.807, 2.05) is 0 Å². The topological polar surface area (TPSA) is 66.5 Å². The maximum Gasteiger partial charge on any atom is 0.416 e. The second-order valence-electron chi connectivity index (χ2n) is 7.84. The third kappa shape index (κ3) is 5.54. The number of nitrogens with one attached hydrogen (secondary N) is 2. The number of carbonyl (C=O) groups excluding carboxylic acids is 1. The molecule has 1 aromatic heterocycles. The average Bonchev–Trinajstić information content (AvgIpc) is 3.17. The van der Waals surface area contributed by atoms with Gasteiger partial charge in [-0.2, -0.15) is 13.2 Å². The summed E-state index contributed by atoms with van der Waals surface area (Å²) in [6.07, 6.45) is -1.03. The number of nitrogens with zero attached hydrogens (tertiary/aromatic N) is 1. The molecular weight excluding hydrogens is 462 g/mol. The molecule has 1 fully saturated rings. The highest BCUT2D eigenvalue weighted by Crippen LogP contribution is 2.34. The first kappa shape index (κ1) is 23.3. The molecule has 0 spiro atoms. The minimum absolute atomic E-state index is 0.0720. The predicted octanol–water partition coefficient (Wildman–Crippen LogP) is 6.26. The van der Waals surface area contributed by atoms with Crippen LogP contribution in [-0.4, -0.2) is 29.9 Å². The second kappa shape index (κ2) is 9.52. The number of carbonyl (C=O) groups is 1. The molecule has 1 aliphatic rings. The molecule has 1 saturated heterocycles. The Kier molecular flexibility index (Phi) is 6.71. The highest BCUT2D eigenvalue weighted by atomic mass is 35.5. The molecule has 1 amide bonds. The van der Waals surface area contributed by atoms with Crippen LogP contribution in [0.4, 0.5) is 23.4 Å². The fourth-order valence-electron chi connectivity index (χ4n) is 3.71. The Balaban J connectivity index is 1.65. The lowest BCUT2D eigenvalue weighted by Gasteiger charge is -2.22. The Bertz CT molecular complexity index is 1200. The molecule has 0 saturated carbocycles. The zero-order valence-corrected chi connectivity index (χ0v) is 18.1. The van der Waals surface area contributed by atoms with Gasteiger partial charge in [-0.05, 0) is 55.2 Å². The standard InChI is InChI=1S/C23H20ClF4N3O2/c24-18-4-1-14(11-19(18)25)22(32)31-20(9-13-5-7-33-8-6-13)30-21-17-3-2-16(23(26,27)28)10-15(17)12-29-21/h1-4,10-13,29H,5-9H2,(H,30,31,32). The van der Waals surface area contributed by atoms with Gasteiger partial charge in [0.25, 0.3) is 5.91 Å². The van der Waals surface area contributed by atoms with Crippen LogP contribution in [-0.2, 0) is 10.9 Å². The van der Waals surface area contributed by atoms with Crippen molar-refractivity contribution in [1.29, 1.82) is 0 Å². The number of hydrogen-bond donors (Lipinski definition) is 2. The molecule has 2 heterocycles. The van der Waals surface area contributed by atoms with Crippen LogP contribution in [0.2, 0.25) is 5.02 Å². The first-order valence-corrected chi connectivity index (χ1v) is 10.7. The SMILES string of the molecule is O=C(NC(CC1CCOCC1)=Nc1[nH]cc2cc(C(F)(F)F)ccc12)c1ccc(Cl)c(F)c1. The average molecular weight is 482 g/mol. The quantitative estimate of drug-likeness (QED) is 0.262. The normalized spacial score (nSPS) is 15.7. The Labute approximate surface area is 191 Å². The van der Waals surface area contributed by atoms with Crippen molar-refractivity contribution in [1.82, 2.24) is 10.3 Å². The van der Waals surface area contributed by atoms with Gasteiger partial charge >= 0.3 is 6.18 Å². The molecule has 0 radical (unpaired) electrons. The van der Waals surface area contributed by atoms with Crippen molar-refractivity contribution in [3.63, 3.8) is 0 Å². The van der Waals surface area contributed by atoms with E-state index in [2.05, 4.69) is 15.3 Å². The number of aromatic nitrogens is 1. The highest BCUT2D eigenvalue weighted by Gasteiger charge is 2.30. The molecular formula is C23H20ClF4N3O2. The fourth-order valence-corrected chi connectivity index (χ4v) is 3.83. The number of fused-ring (bicyclic) bond motifs is 1. The number of aliphatic imine (C=N–C) groups is 1.